The number of unbranched alkanes of at least 4 members (excludes halogenated alkanes) is 1. The average Bonchev–Trinajstić information content (AvgIpc) is 1.63. The standard InChI is InChI=1S/C19H31N4O4P.C15H22BrN4O4P.C15H22ClN4O4P.C15H22FN4O4P/c1-6-7-8-13-22-14-17(20-11(2)21-18(14)26)23(13)19-16(25)15(24)12(27-19)9-10-28(3,4)5;3*1-7-17-12-9(13(23)18-7)19-15(16)20(12)14-11(22)10(21)8(24-14)5-6-25(2,3)4/h12,15-16,19,24-25H,3,6-10H2,1-2,4-5H3,(H,20,21,26);3*8,10-11,14,21-22H,2,5-6H2,1,3-4H3,(H,17,18,23)/t12-,15-,16-,19-;3*8-,10-,11-,14-/m1111/s1. The molecule has 4 aliphatic rings. The second-order valence-corrected chi connectivity index (χ2v) is 47.8. The Hall–Kier alpha value is -5.18. The lowest BCUT2D eigenvalue weighted by Gasteiger charge is -2.20. The number of nitrogens with zero attached hydrogens (tertiary/aromatic N) is 12. The molecule has 4 saturated heterocycles. The van der Waals surface area contributed by atoms with E-state index in [4.69, 9.17) is 30.5 Å². The zero-order chi connectivity index (χ0) is 76.2. The van der Waals surface area contributed by atoms with Crippen LogP contribution in [0, 0.1) is 33.8 Å². The van der Waals surface area contributed by atoms with Gasteiger partial charge in [-0.25, -0.2) is 34.9 Å². The summed E-state index contributed by atoms with van der Waals surface area (Å²) in [6, 6.07) is 0. The minimum absolute atomic E-state index is 0.0272. The highest BCUT2D eigenvalue weighted by Crippen LogP contribution is 2.45. The van der Waals surface area contributed by atoms with E-state index in [1.54, 1.807) is 32.3 Å². The van der Waals surface area contributed by atoms with Crippen LogP contribution in [-0.4, -0.2) is 295 Å². The summed E-state index contributed by atoms with van der Waals surface area (Å²) >= 11 is 9.46. The minimum Gasteiger partial charge on any atom is -0.388 e. The first-order chi connectivity index (χ1) is 47.9. The van der Waals surface area contributed by atoms with E-state index >= 15 is 0 Å². The Bertz CT molecular complexity index is 4510. The number of imidazole rings is 4. The zero-order valence-corrected chi connectivity index (χ0v) is 65.9. The Labute approximate surface area is 606 Å². The van der Waals surface area contributed by atoms with Gasteiger partial charge in [-0.3, -0.25) is 37.4 Å². The summed E-state index contributed by atoms with van der Waals surface area (Å²) in [5.41, 5.74) is -0.535. The van der Waals surface area contributed by atoms with E-state index in [0.717, 1.165) is 42.1 Å². The molecule has 4 fully saturated rings. The SMILES string of the molecule is C=P(C)(C)CC[C@H]1O[C@@H](n2c(Br)nc3c(=O)[nH]c(C)nc32)[C@H](O)[C@@H]1O.C=P(C)(C)CC[C@H]1O[C@@H](n2c(CCCC)nc3c(=O)[nH]c(C)nc32)[C@H](O)[C@@H]1O.C=P(C)(C)CC[C@H]1O[C@@H](n2c(Cl)nc3c(=O)[nH]c(C)nc32)[C@H](O)[C@@H]1O.C=P(C)(C)CC[C@H]1O[C@@H](n2c(F)nc3c(=O)[nH]c(C)nc32)[C@H](O)[C@@H]1O. The van der Waals surface area contributed by atoms with Crippen LogP contribution in [0.5, 0.6) is 0 Å². The Morgan fingerprint density at radius 1 is 0.437 bits per heavy atom. The number of aryl methyl sites for hydroxylation is 5. The Kier molecular flexibility index (Phi) is 25.7. The number of aromatic nitrogens is 16. The van der Waals surface area contributed by atoms with Gasteiger partial charge in [-0.15, -0.1) is 52.7 Å². The van der Waals surface area contributed by atoms with Gasteiger partial charge < -0.3 is 79.7 Å². The van der Waals surface area contributed by atoms with Crippen molar-refractivity contribution in [2.45, 2.75) is 178 Å². The van der Waals surface area contributed by atoms with E-state index in [1.807, 2.05) is 0 Å². The van der Waals surface area contributed by atoms with Gasteiger partial charge in [0.1, 0.15) is 78.0 Å². The summed E-state index contributed by atoms with van der Waals surface area (Å²) in [7, 11) is 0. The topological polar surface area (TPSA) is 453 Å². The average molecular weight is 1600 g/mol. The number of hydrogen-bond donors (Lipinski definition) is 12. The first kappa shape index (κ1) is 81.9. The highest BCUT2D eigenvalue weighted by molar-refractivity contribution is 9.10. The van der Waals surface area contributed by atoms with E-state index < -0.39 is 143 Å². The second-order valence-electron chi connectivity index (χ2n) is 29.5. The summed E-state index contributed by atoms with van der Waals surface area (Å²) in [6.07, 6.45) is 8.57. The number of aliphatic hydroxyl groups excluding tert-OH is 8. The van der Waals surface area contributed by atoms with Crippen LogP contribution in [0.3, 0.4) is 0 Å². The zero-order valence-electron chi connectivity index (χ0n) is 60.0. The van der Waals surface area contributed by atoms with Crippen molar-refractivity contribution in [2.24, 2.45) is 0 Å². The molecule has 0 aliphatic carbocycles. The van der Waals surface area contributed by atoms with Gasteiger partial charge in [0.25, 0.3) is 28.3 Å². The number of halogens is 3. The molecule has 0 amide bonds. The largest absolute Gasteiger partial charge is 0.388 e. The van der Waals surface area contributed by atoms with Crippen LogP contribution in [0.15, 0.2) is 23.9 Å². The third-order valence-electron chi connectivity index (χ3n) is 17.8. The number of H-pyrrole nitrogens is 4. The van der Waals surface area contributed by atoms with Crippen LogP contribution >= 0.6 is 55.1 Å². The van der Waals surface area contributed by atoms with Crippen molar-refractivity contribution in [1.82, 2.24) is 78.1 Å². The molecule has 4 aliphatic heterocycles. The second kappa shape index (κ2) is 32.3. The molecule has 570 valence electrons. The van der Waals surface area contributed by atoms with Crippen LogP contribution in [0.25, 0.3) is 44.7 Å². The smallest absolute Gasteiger partial charge is 0.293 e. The molecule has 0 aromatic carbocycles. The normalized spacial score (nSPS) is 26.8. The molecule has 12 rings (SSSR count). The van der Waals surface area contributed by atoms with Crippen molar-refractivity contribution in [3.8, 4) is 0 Å². The number of aromatic amines is 4. The van der Waals surface area contributed by atoms with Gasteiger partial charge in [0.15, 0.2) is 74.3 Å². The molecule has 8 aromatic rings. The molecule has 39 heteroatoms. The van der Waals surface area contributed by atoms with E-state index in [0.29, 0.717) is 71.4 Å². The maximum absolute atomic E-state index is 14.4. The number of aliphatic hydroxyl groups is 8. The first-order valence-corrected chi connectivity index (χ1v) is 46.9. The summed E-state index contributed by atoms with van der Waals surface area (Å²) < 4.78 is 43.8. The van der Waals surface area contributed by atoms with Crippen molar-refractivity contribution in [1.29, 1.82) is 0 Å². The van der Waals surface area contributed by atoms with Crippen LogP contribution < -0.4 is 22.2 Å². The molecule has 0 spiro atoms. The van der Waals surface area contributed by atoms with Gasteiger partial charge in [-0.05, 0) is 165 Å². The Morgan fingerprint density at radius 3 is 1.07 bits per heavy atom. The fourth-order valence-electron chi connectivity index (χ4n) is 12.4. The molecule has 8 aromatic heterocycles. The molecule has 16 atom stereocenters. The van der Waals surface area contributed by atoms with E-state index in [9.17, 15) is 64.4 Å². The molecule has 12 heterocycles. The van der Waals surface area contributed by atoms with E-state index in [2.05, 4.69) is 161 Å². The third-order valence-corrected chi connectivity index (χ3v) is 24.5. The number of fused-ring (bicyclic) bond motifs is 4. The summed E-state index contributed by atoms with van der Waals surface area (Å²) in [4.78, 5) is 91.9. The van der Waals surface area contributed by atoms with Crippen molar-refractivity contribution >= 4 is 125 Å². The fraction of sp³-hybridized carbons (Fsp3) is 0.625. The molecule has 32 nitrogen and oxygen atoms in total. The maximum Gasteiger partial charge on any atom is 0.293 e. The van der Waals surface area contributed by atoms with Crippen molar-refractivity contribution in [3.05, 3.63) is 86.6 Å². The number of ether oxygens (including phenoxy) is 4. The lowest BCUT2D eigenvalue weighted by molar-refractivity contribution is -0.0413. The fourth-order valence-corrected chi connectivity index (χ4v) is 17.0. The molecule has 0 unspecified atom stereocenters. The van der Waals surface area contributed by atoms with Crippen LogP contribution in [0.1, 0.15) is 99.5 Å². The maximum atomic E-state index is 14.4. The van der Waals surface area contributed by atoms with Crippen molar-refractivity contribution in [3.63, 3.8) is 0 Å². The third kappa shape index (κ3) is 18.9. The van der Waals surface area contributed by atoms with E-state index in [1.165, 1.54) is 9.13 Å². The van der Waals surface area contributed by atoms with Gasteiger partial charge in [0.05, 0.1) is 24.4 Å². The summed E-state index contributed by atoms with van der Waals surface area (Å²) in [5.74, 6) is 2.21. The number of rotatable bonds is 19. The summed E-state index contributed by atoms with van der Waals surface area (Å²) in [6.45, 7) is 20.3. The molecule has 0 saturated carbocycles. The highest BCUT2D eigenvalue weighted by atomic mass is 79.9. The predicted octanol–water partition coefficient (Wildman–Crippen LogP) is 3.48. The molecular formula is C64H97BrClFN16O16P4. The van der Waals surface area contributed by atoms with Crippen LogP contribution in [-0.2, 0) is 25.4 Å². The molecule has 12 N–H and O–H groups in total. The molecule has 0 radical (unpaired) electrons. The van der Waals surface area contributed by atoms with Gasteiger partial charge >= 0.3 is 0 Å². The lowest BCUT2D eigenvalue weighted by Crippen LogP contribution is -2.32. The Balaban J connectivity index is 0.000000160. The van der Waals surface area contributed by atoms with E-state index in [-0.39, 0.29) is 55.6 Å². The molecule has 103 heavy (non-hydrogen) atoms. The Morgan fingerprint density at radius 2 is 0.718 bits per heavy atom. The first-order valence-electron chi connectivity index (χ1n) is 33.5. The number of hydrogen-bond acceptors (Lipinski definition) is 24. The van der Waals surface area contributed by atoms with Crippen LogP contribution in [0.4, 0.5) is 4.39 Å². The van der Waals surface area contributed by atoms with Gasteiger partial charge in [0, 0.05) is 6.42 Å². The van der Waals surface area contributed by atoms with Gasteiger partial charge in [-0.1, -0.05) is 13.3 Å². The lowest BCUT2D eigenvalue weighted by atomic mass is 10.1. The van der Waals surface area contributed by atoms with Gasteiger partial charge in [0.2, 0.25) is 5.28 Å². The van der Waals surface area contributed by atoms with Crippen molar-refractivity contribution < 1.29 is 64.2 Å². The molecular weight excluding hydrogens is 1510 g/mol. The van der Waals surface area contributed by atoms with Crippen molar-refractivity contribution in [2.75, 3.05) is 78.0 Å². The van der Waals surface area contributed by atoms with Crippen LogP contribution in [0.2, 0.25) is 5.28 Å². The predicted molar refractivity (Wildman–Crippen MR) is 408 cm³/mol. The summed E-state index contributed by atoms with van der Waals surface area (Å²) in [5, 5.41) is 83.5. The monoisotopic (exact) mass is 1600 g/mol. The minimum atomic E-state index is -1.36. The quantitative estimate of drug-likeness (QED) is 0.0407. The highest BCUT2D eigenvalue weighted by Gasteiger charge is 2.49. The van der Waals surface area contributed by atoms with Gasteiger partial charge in [-0.2, -0.15) is 9.37 Å². The number of nitrogens with one attached hydrogen (secondary N) is 4. The molecule has 0 bridgehead atoms.